The van der Waals surface area contributed by atoms with Gasteiger partial charge in [0.05, 0.1) is 7.11 Å². The molecule has 6 heteroatoms. The van der Waals surface area contributed by atoms with Crippen LogP contribution in [0, 0.1) is 25.2 Å². The Kier molecular flexibility index (Phi) is 5.23. The fraction of sp³-hybridized carbons (Fsp3) is 0.190. The second-order valence-corrected chi connectivity index (χ2v) is 6.07. The zero-order valence-corrected chi connectivity index (χ0v) is 15.3. The molecular formula is C21H18N2O4. The van der Waals surface area contributed by atoms with Crippen molar-refractivity contribution < 1.29 is 19.0 Å². The van der Waals surface area contributed by atoms with Gasteiger partial charge >= 0.3 is 5.97 Å². The Morgan fingerprint density at radius 3 is 2.56 bits per heavy atom. The first-order chi connectivity index (χ1) is 13.0. The molecule has 27 heavy (non-hydrogen) atoms. The van der Waals surface area contributed by atoms with Crippen molar-refractivity contribution in [3.05, 3.63) is 64.3 Å². The first-order valence-corrected chi connectivity index (χ1v) is 8.29. The second-order valence-electron chi connectivity index (χ2n) is 6.07. The number of nitriles is 1. The molecule has 0 N–H and O–H groups in total. The summed E-state index contributed by atoms with van der Waals surface area (Å²) < 4.78 is 15.9. The van der Waals surface area contributed by atoms with E-state index in [4.69, 9.17) is 19.5 Å². The molecule has 0 radical (unpaired) electrons. The van der Waals surface area contributed by atoms with Crippen molar-refractivity contribution in [2.75, 3.05) is 13.7 Å². The smallest absolute Gasteiger partial charge is 0.363 e. The van der Waals surface area contributed by atoms with Crippen LogP contribution in [-0.4, -0.2) is 25.6 Å². The van der Waals surface area contributed by atoms with Crippen molar-refractivity contribution in [1.29, 1.82) is 5.26 Å². The number of carbonyl (C=O) groups excluding carboxylic acids is 1. The summed E-state index contributed by atoms with van der Waals surface area (Å²) in [6.07, 6.45) is 1.62. The van der Waals surface area contributed by atoms with Crippen molar-refractivity contribution in [3.63, 3.8) is 0 Å². The Morgan fingerprint density at radius 2 is 1.89 bits per heavy atom. The van der Waals surface area contributed by atoms with Gasteiger partial charge in [-0.1, -0.05) is 23.3 Å². The maximum absolute atomic E-state index is 12.2. The fourth-order valence-corrected chi connectivity index (χ4v) is 2.79. The van der Waals surface area contributed by atoms with E-state index in [1.54, 1.807) is 24.3 Å². The molecule has 0 fully saturated rings. The first-order valence-electron chi connectivity index (χ1n) is 8.29. The molecule has 1 aliphatic rings. The van der Waals surface area contributed by atoms with E-state index >= 15 is 0 Å². The highest BCUT2D eigenvalue weighted by molar-refractivity contribution is 6.13. The second kappa shape index (κ2) is 7.75. The molecular weight excluding hydrogens is 344 g/mol. The average Bonchev–Trinajstić information content (AvgIpc) is 3.00. The minimum atomic E-state index is -0.507. The van der Waals surface area contributed by atoms with Crippen LogP contribution in [0.25, 0.3) is 6.08 Å². The van der Waals surface area contributed by atoms with E-state index in [9.17, 15) is 4.79 Å². The van der Waals surface area contributed by atoms with E-state index in [1.807, 2.05) is 38.1 Å². The summed E-state index contributed by atoms with van der Waals surface area (Å²) in [5.41, 5.74) is 3.81. The monoisotopic (exact) mass is 362 g/mol. The van der Waals surface area contributed by atoms with Gasteiger partial charge in [0, 0.05) is 5.56 Å². The van der Waals surface area contributed by atoms with Crippen LogP contribution in [-0.2, 0) is 9.53 Å². The number of benzene rings is 2. The average molecular weight is 362 g/mol. The van der Waals surface area contributed by atoms with Crippen LogP contribution in [0.15, 0.2) is 47.1 Å². The van der Waals surface area contributed by atoms with Crippen LogP contribution in [0.5, 0.6) is 11.5 Å². The molecule has 2 aromatic rings. The van der Waals surface area contributed by atoms with Crippen LogP contribution >= 0.6 is 0 Å². The molecule has 1 aliphatic heterocycles. The summed E-state index contributed by atoms with van der Waals surface area (Å²) in [5, 5.41) is 8.63. The van der Waals surface area contributed by atoms with Crippen molar-refractivity contribution in [3.8, 4) is 17.6 Å². The van der Waals surface area contributed by atoms with E-state index in [1.165, 1.54) is 7.11 Å². The maximum atomic E-state index is 12.2. The molecule has 0 bridgehead atoms. The first kappa shape index (κ1) is 18.2. The topological polar surface area (TPSA) is 80.9 Å². The van der Waals surface area contributed by atoms with Gasteiger partial charge in [0.1, 0.15) is 6.07 Å². The Hall–Kier alpha value is -3.59. The van der Waals surface area contributed by atoms with Gasteiger partial charge in [0.15, 0.2) is 23.8 Å². The van der Waals surface area contributed by atoms with Gasteiger partial charge in [-0.3, -0.25) is 0 Å². The summed E-state index contributed by atoms with van der Waals surface area (Å²) in [7, 11) is 1.51. The number of aliphatic imine (C=N–C) groups is 1. The van der Waals surface area contributed by atoms with Crippen LogP contribution < -0.4 is 9.47 Å². The molecule has 6 nitrogen and oxygen atoms in total. The number of hydrogen-bond donors (Lipinski definition) is 0. The standard InChI is InChI=1S/C21H18N2O4/c1-13-8-14(2)10-16(9-13)20-23-17(21(24)27-20)11-15-4-5-18(26-7-6-22)19(12-15)25-3/h4-5,8-12H,7H2,1-3H3/b17-11-. The molecule has 2 aromatic carbocycles. The predicted molar refractivity (Wildman–Crippen MR) is 101 cm³/mol. The molecule has 0 aliphatic carbocycles. The molecule has 0 unspecified atom stereocenters. The molecule has 0 amide bonds. The zero-order valence-electron chi connectivity index (χ0n) is 15.3. The molecule has 3 rings (SSSR count). The SMILES string of the molecule is COc1cc(/C=C2\N=C(c3cc(C)cc(C)c3)OC2=O)ccc1OCC#N. The summed E-state index contributed by atoms with van der Waals surface area (Å²) in [4.78, 5) is 16.5. The number of rotatable bonds is 5. The van der Waals surface area contributed by atoms with Crippen LogP contribution in [0.3, 0.4) is 0 Å². The lowest BCUT2D eigenvalue weighted by atomic mass is 10.1. The minimum Gasteiger partial charge on any atom is -0.493 e. The summed E-state index contributed by atoms with van der Waals surface area (Å²) in [6, 6.07) is 12.9. The number of carbonyl (C=O) groups is 1. The molecule has 0 saturated carbocycles. The molecule has 0 spiro atoms. The van der Waals surface area contributed by atoms with Crippen molar-refractivity contribution in [2.24, 2.45) is 4.99 Å². The van der Waals surface area contributed by atoms with Crippen molar-refractivity contribution in [1.82, 2.24) is 0 Å². The third kappa shape index (κ3) is 4.15. The van der Waals surface area contributed by atoms with Gasteiger partial charge in [0.25, 0.3) is 0 Å². The van der Waals surface area contributed by atoms with Gasteiger partial charge in [-0.25, -0.2) is 9.79 Å². The van der Waals surface area contributed by atoms with E-state index < -0.39 is 5.97 Å². The highest BCUT2D eigenvalue weighted by atomic mass is 16.6. The number of hydrogen-bond acceptors (Lipinski definition) is 6. The van der Waals surface area contributed by atoms with Crippen LogP contribution in [0.4, 0.5) is 0 Å². The largest absolute Gasteiger partial charge is 0.493 e. The number of cyclic esters (lactones) is 1. The number of esters is 1. The lowest BCUT2D eigenvalue weighted by molar-refractivity contribution is -0.129. The third-order valence-electron chi connectivity index (χ3n) is 3.87. The Balaban J connectivity index is 1.91. The minimum absolute atomic E-state index is 0.0767. The highest BCUT2D eigenvalue weighted by Gasteiger charge is 2.24. The normalized spacial score (nSPS) is 14.5. The third-order valence-corrected chi connectivity index (χ3v) is 3.87. The van der Waals surface area contributed by atoms with Gasteiger partial charge in [-0.15, -0.1) is 0 Å². The molecule has 136 valence electrons. The summed E-state index contributed by atoms with van der Waals surface area (Å²) >= 11 is 0. The number of methoxy groups -OCH3 is 1. The maximum Gasteiger partial charge on any atom is 0.363 e. The van der Waals surface area contributed by atoms with Crippen LogP contribution in [0.2, 0.25) is 0 Å². The van der Waals surface area contributed by atoms with Crippen LogP contribution in [0.1, 0.15) is 22.3 Å². The lowest BCUT2D eigenvalue weighted by Crippen LogP contribution is -2.06. The van der Waals surface area contributed by atoms with Gasteiger partial charge in [-0.2, -0.15) is 5.26 Å². The molecule has 0 saturated heterocycles. The zero-order chi connectivity index (χ0) is 19.4. The molecule has 0 aromatic heterocycles. The Morgan fingerprint density at radius 1 is 1.15 bits per heavy atom. The quantitative estimate of drug-likeness (QED) is 0.600. The molecule has 0 atom stereocenters. The lowest BCUT2D eigenvalue weighted by Gasteiger charge is -2.08. The van der Waals surface area contributed by atoms with E-state index in [2.05, 4.69) is 4.99 Å². The summed E-state index contributed by atoms with van der Waals surface area (Å²) in [6.45, 7) is 3.88. The predicted octanol–water partition coefficient (Wildman–Crippen LogP) is 3.56. The molecule has 1 heterocycles. The number of nitrogens with zero attached hydrogens (tertiary/aromatic N) is 2. The Labute approximate surface area is 157 Å². The van der Waals surface area contributed by atoms with Gasteiger partial charge in [0.2, 0.25) is 5.90 Å². The van der Waals surface area contributed by atoms with Crippen molar-refractivity contribution >= 4 is 17.9 Å². The Bertz CT molecular complexity index is 979. The van der Waals surface area contributed by atoms with E-state index in [0.717, 1.165) is 16.7 Å². The van der Waals surface area contributed by atoms with E-state index in [0.29, 0.717) is 23.0 Å². The summed E-state index contributed by atoms with van der Waals surface area (Å²) in [5.74, 6) is 0.700. The van der Waals surface area contributed by atoms with Gasteiger partial charge in [-0.05, 0) is 49.8 Å². The highest BCUT2D eigenvalue weighted by Crippen LogP contribution is 2.29. The van der Waals surface area contributed by atoms with Gasteiger partial charge < -0.3 is 14.2 Å². The van der Waals surface area contributed by atoms with E-state index in [-0.39, 0.29) is 12.3 Å². The fourth-order valence-electron chi connectivity index (χ4n) is 2.79. The van der Waals surface area contributed by atoms with Crippen molar-refractivity contribution in [2.45, 2.75) is 13.8 Å². The number of ether oxygens (including phenoxy) is 3. The number of aryl methyl sites for hydroxylation is 2.